The molecule has 0 aliphatic rings. The predicted octanol–water partition coefficient (Wildman–Crippen LogP) is 1.87. The number of aryl methyl sites for hydroxylation is 1. The number of anilines is 2. The SMILES string of the molecule is CCc1nc2cccnn2c1-c1ccccn1.N#Cc1c(N)ncnc1N. The van der Waals surface area contributed by atoms with Crippen molar-refractivity contribution < 1.29 is 0 Å². The number of hydrogen-bond acceptors (Lipinski definition) is 8. The van der Waals surface area contributed by atoms with Crippen LogP contribution in [0.15, 0.2) is 49.1 Å². The van der Waals surface area contributed by atoms with Crippen LogP contribution in [-0.2, 0) is 6.42 Å². The Hall–Kier alpha value is -4.06. The zero-order chi connectivity index (χ0) is 19.2. The number of hydrogen-bond donors (Lipinski definition) is 2. The molecule has 0 aliphatic carbocycles. The molecule has 4 N–H and O–H groups in total. The van der Waals surface area contributed by atoms with Crippen molar-refractivity contribution in [2.24, 2.45) is 0 Å². The van der Waals surface area contributed by atoms with Crippen molar-refractivity contribution >= 4 is 17.3 Å². The van der Waals surface area contributed by atoms with Crippen LogP contribution in [0.1, 0.15) is 18.2 Å². The molecule has 27 heavy (non-hydrogen) atoms. The van der Waals surface area contributed by atoms with Gasteiger partial charge in [-0.15, -0.1) is 0 Å². The van der Waals surface area contributed by atoms with E-state index >= 15 is 0 Å². The summed E-state index contributed by atoms with van der Waals surface area (Å²) in [4.78, 5) is 16.1. The Bertz CT molecular complexity index is 1080. The molecular formula is C18H17N9. The molecule has 0 atom stereocenters. The summed E-state index contributed by atoms with van der Waals surface area (Å²) >= 11 is 0. The van der Waals surface area contributed by atoms with Crippen molar-refractivity contribution in [2.45, 2.75) is 13.3 Å². The zero-order valence-electron chi connectivity index (χ0n) is 14.6. The minimum absolute atomic E-state index is 0.120. The van der Waals surface area contributed by atoms with Crippen LogP contribution in [0.5, 0.6) is 0 Å². The molecule has 0 saturated carbocycles. The molecule has 4 aromatic heterocycles. The molecule has 0 aliphatic heterocycles. The van der Waals surface area contributed by atoms with Crippen LogP contribution in [0.3, 0.4) is 0 Å². The van der Waals surface area contributed by atoms with E-state index < -0.39 is 0 Å². The Morgan fingerprint density at radius 3 is 2.41 bits per heavy atom. The molecule has 4 rings (SSSR count). The third-order valence-corrected chi connectivity index (χ3v) is 3.73. The smallest absolute Gasteiger partial charge is 0.154 e. The van der Waals surface area contributed by atoms with Gasteiger partial charge in [0.2, 0.25) is 0 Å². The van der Waals surface area contributed by atoms with E-state index in [1.54, 1.807) is 18.5 Å². The highest BCUT2D eigenvalue weighted by Crippen LogP contribution is 2.22. The summed E-state index contributed by atoms with van der Waals surface area (Å²) in [6.07, 6.45) is 5.64. The highest BCUT2D eigenvalue weighted by Gasteiger charge is 2.13. The summed E-state index contributed by atoms with van der Waals surface area (Å²) in [5.41, 5.74) is 14.5. The van der Waals surface area contributed by atoms with Crippen LogP contribution < -0.4 is 11.5 Å². The molecule has 134 valence electrons. The first-order valence-electron chi connectivity index (χ1n) is 8.15. The Labute approximate surface area is 155 Å². The van der Waals surface area contributed by atoms with Gasteiger partial charge in [-0.05, 0) is 30.7 Å². The fraction of sp³-hybridized carbons (Fsp3) is 0.111. The molecule has 0 fully saturated rings. The first kappa shape index (κ1) is 17.8. The zero-order valence-corrected chi connectivity index (χ0v) is 14.6. The number of nitrogens with zero attached hydrogens (tertiary/aromatic N) is 7. The van der Waals surface area contributed by atoms with Crippen molar-refractivity contribution in [2.75, 3.05) is 11.5 Å². The lowest BCUT2D eigenvalue weighted by Gasteiger charge is -2.01. The summed E-state index contributed by atoms with van der Waals surface area (Å²) in [7, 11) is 0. The topological polar surface area (TPSA) is 145 Å². The van der Waals surface area contributed by atoms with Gasteiger partial charge in [0.05, 0.1) is 11.4 Å². The van der Waals surface area contributed by atoms with Crippen molar-refractivity contribution in [3.63, 3.8) is 0 Å². The lowest BCUT2D eigenvalue weighted by atomic mass is 10.2. The number of pyridine rings is 1. The Balaban J connectivity index is 0.000000180. The summed E-state index contributed by atoms with van der Waals surface area (Å²) in [5, 5.41) is 12.7. The van der Waals surface area contributed by atoms with Crippen LogP contribution in [0.4, 0.5) is 11.6 Å². The molecule has 4 aromatic rings. The van der Waals surface area contributed by atoms with Gasteiger partial charge in [-0.25, -0.2) is 19.5 Å². The molecule has 0 bridgehead atoms. The van der Waals surface area contributed by atoms with Crippen LogP contribution in [0.25, 0.3) is 17.0 Å². The molecule has 0 radical (unpaired) electrons. The highest BCUT2D eigenvalue weighted by molar-refractivity contribution is 5.63. The van der Waals surface area contributed by atoms with Crippen molar-refractivity contribution in [3.8, 4) is 17.5 Å². The molecule has 4 heterocycles. The summed E-state index contributed by atoms with van der Waals surface area (Å²) in [6.45, 7) is 2.09. The van der Waals surface area contributed by atoms with Crippen LogP contribution in [0.2, 0.25) is 0 Å². The average molecular weight is 359 g/mol. The fourth-order valence-electron chi connectivity index (χ4n) is 2.47. The van der Waals surface area contributed by atoms with Crippen LogP contribution in [0, 0.1) is 11.3 Å². The number of imidazole rings is 1. The van der Waals surface area contributed by atoms with Gasteiger partial charge in [0, 0.05) is 12.4 Å². The Morgan fingerprint density at radius 1 is 1.04 bits per heavy atom. The monoisotopic (exact) mass is 359 g/mol. The molecule has 0 aromatic carbocycles. The quantitative estimate of drug-likeness (QED) is 0.551. The van der Waals surface area contributed by atoms with Crippen molar-refractivity contribution in [3.05, 3.63) is 60.3 Å². The summed E-state index contributed by atoms with van der Waals surface area (Å²) < 4.78 is 1.85. The van der Waals surface area contributed by atoms with Crippen molar-refractivity contribution in [1.29, 1.82) is 5.26 Å². The van der Waals surface area contributed by atoms with E-state index in [4.69, 9.17) is 16.7 Å². The summed E-state index contributed by atoms with van der Waals surface area (Å²) in [5.74, 6) is 0.241. The van der Waals surface area contributed by atoms with E-state index in [0.29, 0.717) is 0 Å². The molecule has 0 spiro atoms. The number of rotatable bonds is 2. The molecule has 9 heteroatoms. The van der Waals surface area contributed by atoms with Gasteiger partial charge in [-0.2, -0.15) is 10.4 Å². The highest BCUT2D eigenvalue weighted by atomic mass is 15.3. The van der Waals surface area contributed by atoms with E-state index in [1.165, 1.54) is 6.33 Å². The minimum atomic E-state index is 0.120. The maximum Gasteiger partial charge on any atom is 0.154 e. The van der Waals surface area contributed by atoms with E-state index in [0.717, 1.165) is 29.1 Å². The van der Waals surface area contributed by atoms with Gasteiger partial charge < -0.3 is 11.5 Å². The van der Waals surface area contributed by atoms with Gasteiger partial charge in [0.25, 0.3) is 0 Å². The molecule has 0 amide bonds. The second kappa shape index (κ2) is 7.88. The average Bonchev–Trinajstić information content (AvgIpc) is 3.08. The van der Waals surface area contributed by atoms with Crippen LogP contribution in [-0.4, -0.2) is 29.5 Å². The molecule has 0 saturated heterocycles. The van der Waals surface area contributed by atoms with Gasteiger partial charge in [-0.3, -0.25) is 4.98 Å². The molecule has 0 unspecified atom stereocenters. The first-order valence-corrected chi connectivity index (χ1v) is 8.15. The largest absolute Gasteiger partial charge is 0.382 e. The first-order chi connectivity index (χ1) is 13.2. The predicted molar refractivity (Wildman–Crippen MR) is 101 cm³/mol. The molecule has 9 nitrogen and oxygen atoms in total. The lowest BCUT2D eigenvalue weighted by Crippen LogP contribution is -2.01. The van der Waals surface area contributed by atoms with E-state index in [-0.39, 0.29) is 17.2 Å². The third kappa shape index (κ3) is 3.64. The minimum Gasteiger partial charge on any atom is -0.382 e. The second-order valence-corrected chi connectivity index (χ2v) is 5.40. The Morgan fingerprint density at radius 2 is 1.81 bits per heavy atom. The van der Waals surface area contributed by atoms with E-state index in [2.05, 4.69) is 32.0 Å². The van der Waals surface area contributed by atoms with E-state index in [9.17, 15) is 0 Å². The van der Waals surface area contributed by atoms with Gasteiger partial charge in [-0.1, -0.05) is 13.0 Å². The Kier molecular flexibility index (Phi) is 5.18. The van der Waals surface area contributed by atoms with E-state index in [1.807, 2.05) is 34.8 Å². The van der Waals surface area contributed by atoms with Gasteiger partial charge in [0.15, 0.2) is 5.65 Å². The lowest BCUT2D eigenvalue weighted by molar-refractivity contribution is 0.933. The van der Waals surface area contributed by atoms with Gasteiger partial charge in [0.1, 0.15) is 35.3 Å². The number of nitrogen functional groups attached to an aromatic ring is 2. The van der Waals surface area contributed by atoms with Crippen molar-refractivity contribution in [1.82, 2.24) is 29.5 Å². The number of nitrogens with two attached hydrogens (primary N) is 2. The maximum absolute atomic E-state index is 8.41. The standard InChI is InChI=1S/C13H12N4.C5H5N5/c1-2-10-13(11-6-3-4-8-14-11)17-12(16-10)7-5-9-15-17;6-1-3-4(7)9-2-10-5(3)8/h3-9H,2H2,1H3;2H,(H4,7,8,9,10). The number of nitriles is 1. The third-order valence-electron chi connectivity index (χ3n) is 3.73. The fourth-order valence-corrected chi connectivity index (χ4v) is 2.47. The van der Waals surface area contributed by atoms with Crippen LogP contribution >= 0.6 is 0 Å². The number of fused-ring (bicyclic) bond motifs is 1. The normalized spacial score (nSPS) is 10.1. The second-order valence-electron chi connectivity index (χ2n) is 5.40. The van der Waals surface area contributed by atoms with Gasteiger partial charge >= 0.3 is 0 Å². The number of aromatic nitrogens is 6. The molecular weight excluding hydrogens is 342 g/mol. The summed E-state index contributed by atoms with van der Waals surface area (Å²) in [6, 6.07) is 11.5. The maximum atomic E-state index is 8.41.